The molecule has 1 N–H and O–H groups in total. The van der Waals surface area contributed by atoms with Crippen molar-refractivity contribution in [2.45, 2.75) is 46.1 Å². The molecule has 1 fully saturated rings. The molecule has 1 heterocycles. The van der Waals surface area contributed by atoms with E-state index in [1.54, 1.807) is 20.8 Å². The van der Waals surface area contributed by atoms with E-state index in [0.717, 1.165) is 16.0 Å². The lowest BCUT2D eigenvalue weighted by atomic mass is 10.0. The molecule has 1 aromatic rings. The summed E-state index contributed by atoms with van der Waals surface area (Å²) < 4.78 is 4.82. The van der Waals surface area contributed by atoms with Crippen LogP contribution in [-0.2, 0) is 19.1 Å². The fourth-order valence-corrected chi connectivity index (χ4v) is 3.22. The van der Waals surface area contributed by atoms with E-state index in [1.165, 1.54) is 18.2 Å². The van der Waals surface area contributed by atoms with Crippen LogP contribution in [0.5, 0.6) is 0 Å². The van der Waals surface area contributed by atoms with Crippen molar-refractivity contribution in [3.63, 3.8) is 0 Å². The van der Waals surface area contributed by atoms with Gasteiger partial charge in [0, 0.05) is 18.1 Å². The van der Waals surface area contributed by atoms with E-state index in [0.29, 0.717) is 12.8 Å². The van der Waals surface area contributed by atoms with E-state index < -0.39 is 40.7 Å². The number of hydrogen-bond acceptors (Lipinski definition) is 7. The molecular formula is C19H24N4O7. The number of carbonyl (C=O) groups is 4. The molecule has 11 heteroatoms. The van der Waals surface area contributed by atoms with Crippen molar-refractivity contribution >= 4 is 35.2 Å². The number of nitrogens with zero attached hydrogens (tertiary/aromatic N) is 3. The molecule has 4 amide bonds. The number of benzene rings is 1. The van der Waals surface area contributed by atoms with Crippen molar-refractivity contribution in [2.24, 2.45) is 5.92 Å². The molecule has 0 saturated carbocycles. The highest BCUT2D eigenvalue weighted by atomic mass is 16.6. The van der Waals surface area contributed by atoms with Gasteiger partial charge in [-0.2, -0.15) is 0 Å². The third-order valence-electron chi connectivity index (χ3n) is 4.79. The molecule has 162 valence electrons. The Bertz CT molecular complexity index is 853. The summed E-state index contributed by atoms with van der Waals surface area (Å²) in [6.45, 7) is 5.23. The normalized spacial score (nSPS) is 16.0. The van der Waals surface area contributed by atoms with E-state index in [2.05, 4.69) is 5.43 Å². The average Bonchev–Trinajstić information content (AvgIpc) is 3.01. The lowest BCUT2D eigenvalue weighted by Crippen LogP contribution is -2.56. The maximum Gasteiger partial charge on any atom is 0.426 e. The summed E-state index contributed by atoms with van der Waals surface area (Å²) in [6, 6.07) is 3.79. The van der Waals surface area contributed by atoms with Crippen molar-refractivity contribution in [1.82, 2.24) is 10.4 Å². The highest BCUT2D eigenvalue weighted by Crippen LogP contribution is 2.29. The molecule has 0 aromatic heterocycles. The van der Waals surface area contributed by atoms with Crippen molar-refractivity contribution in [2.75, 3.05) is 11.5 Å². The quantitative estimate of drug-likeness (QED) is 0.405. The van der Waals surface area contributed by atoms with Gasteiger partial charge in [0.1, 0.15) is 6.04 Å². The molecule has 11 nitrogen and oxygen atoms in total. The molecule has 0 aliphatic carbocycles. The molecular weight excluding hydrogens is 396 g/mol. The van der Waals surface area contributed by atoms with E-state index in [4.69, 9.17) is 4.74 Å². The average molecular weight is 420 g/mol. The summed E-state index contributed by atoms with van der Waals surface area (Å²) in [4.78, 5) is 61.7. The number of non-ortho nitro benzene ring substituents is 1. The summed E-state index contributed by atoms with van der Waals surface area (Å²) in [5, 5.41) is 11.9. The van der Waals surface area contributed by atoms with Gasteiger partial charge < -0.3 is 4.74 Å². The fourth-order valence-electron chi connectivity index (χ4n) is 3.22. The molecule has 2 rings (SSSR count). The number of amides is 4. The van der Waals surface area contributed by atoms with Crippen LogP contribution in [0.3, 0.4) is 0 Å². The van der Waals surface area contributed by atoms with Crippen molar-refractivity contribution in [1.29, 1.82) is 0 Å². The third kappa shape index (κ3) is 4.73. The fraction of sp³-hybridized carbons (Fsp3) is 0.474. The van der Waals surface area contributed by atoms with Crippen LogP contribution < -0.4 is 10.3 Å². The first-order chi connectivity index (χ1) is 14.2. The lowest BCUT2D eigenvalue weighted by Gasteiger charge is -2.30. The summed E-state index contributed by atoms with van der Waals surface area (Å²) in [5.74, 6) is -2.39. The van der Waals surface area contributed by atoms with Gasteiger partial charge in [-0.1, -0.05) is 19.9 Å². The Morgan fingerprint density at radius 2 is 1.97 bits per heavy atom. The molecule has 0 spiro atoms. The number of anilines is 1. The summed E-state index contributed by atoms with van der Waals surface area (Å²) >= 11 is 0. The molecule has 0 bridgehead atoms. The predicted molar refractivity (Wildman–Crippen MR) is 105 cm³/mol. The van der Waals surface area contributed by atoms with Gasteiger partial charge in [-0.3, -0.25) is 24.5 Å². The van der Waals surface area contributed by atoms with Gasteiger partial charge in [0.25, 0.3) is 11.6 Å². The zero-order valence-corrected chi connectivity index (χ0v) is 17.0. The van der Waals surface area contributed by atoms with Crippen LogP contribution in [0.1, 0.15) is 40.0 Å². The molecule has 1 saturated heterocycles. The first-order valence-electron chi connectivity index (χ1n) is 9.62. The van der Waals surface area contributed by atoms with Gasteiger partial charge in [0.15, 0.2) is 0 Å². The Balaban J connectivity index is 2.37. The van der Waals surface area contributed by atoms with Crippen molar-refractivity contribution in [3.05, 3.63) is 34.4 Å². The second-order valence-electron chi connectivity index (χ2n) is 6.62. The minimum atomic E-state index is -1.28. The van der Waals surface area contributed by atoms with Gasteiger partial charge >= 0.3 is 6.09 Å². The minimum absolute atomic E-state index is 0.0211. The minimum Gasteiger partial charge on any atom is -0.449 e. The van der Waals surface area contributed by atoms with Crippen LogP contribution in [0.25, 0.3) is 0 Å². The van der Waals surface area contributed by atoms with E-state index >= 15 is 0 Å². The van der Waals surface area contributed by atoms with E-state index in [9.17, 15) is 29.3 Å². The summed E-state index contributed by atoms with van der Waals surface area (Å²) in [6.07, 6.45) is -0.356. The Labute approximate surface area is 173 Å². The molecule has 1 atom stereocenters. The topological polar surface area (TPSA) is 139 Å². The predicted octanol–water partition coefficient (Wildman–Crippen LogP) is 2.15. The molecule has 1 aliphatic heterocycles. The van der Waals surface area contributed by atoms with Gasteiger partial charge in [0.05, 0.1) is 23.6 Å². The number of hydrazine groups is 1. The summed E-state index contributed by atoms with van der Waals surface area (Å²) in [7, 11) is 0. The highest BCUT2D eigenvalue weighted by Gasteiger charge is 2.46. The van der Waals surface area contributed by atoms with Crippen LogP contribution >= 0.6 is 0 Å². The van der Waals surface area contributed by atoms with Gasteiger partial charge in [0.2, 0.25) is 11.8 Å². The first kappa shape index (κ1) is 22.8. The number of hydrogen-bond donors (Lipinski definition) is 1. The number of ether oxygens (including phenoxy) is 1. The van der Waals surface area contributed by atoms with Crippen LogP contribution in [-0.4, -0.2) is 46.4 Å². The van der Waals surface area contributed by atoms with Crippen LogP contribution in [0.4, 0.5) is 16.2 Å². The molecule has 1 unspecified atom stereocenters. The maximum atomic E-state index is 13.0. The highest BCUT2D eigenvalue weighted by molar-refractivity contribution is 6.23. The van der Waals surface area contributed by atoms with Gasteiger partial charge in [-0.15, -0.1) is 0 Å². The molecule has 1 aliphatic rings. The number of nitro groups is 1. The van der Waals surface area contributed by atoms with Crippen molar-refractivity contribution < 1.29 is 28.8 Å². The van der Waals surface area contributed by atoms with Crippen LogP contribution in [0.15, 0.2) is 24.3 Å². The number of nitrogens with one attached hydrogen (secondary N) is 1. The number of carbonyl (C=O) groups excluding carboxylic acids is 4. The zero-order chi connectivity index (χ0) is 22.4. The second kappa shape index (κ2) is 9.81. The molecule has 1 aromatic carbocycles. The van der Waals surface area contributed by atoms with Gasteiger partial charge in [-0.25, -0.2) is 20.1 Å². The Morgan fingerprint density at radius 3 is 2.53 bits per heavy atom. The SMILES string of the molecule is CCOC(=O)NN(C(=O)C(CC)CC)C1CC(=O)N(c2cccc([N+](=O)[O-])c2)C1=O. The first-order valence-corrected chi connectivity index (χ1v) is 9.62. The Morgan fingerprint density at radius 1 is 1.30 bits per heavy atom. The second-order valence-corrected chi connectivity index (χ2v) is 6.62. The third-order valence-corrected chi connectivity index (χ3v) is 4.79. The Hall–Kier alpha value is -3.50. The van der Waals surface area contributed by atoms with E-state index in [1.807, 2.05) is 0 Å². The number of imide groups is 1. The zero-order valence-electron chi connectivity index (χ0n) is 17.0. The largest absolute Gasteiger partial charge is 0.449 e. The smallest absolute Gasteiger partial charge is 0.426 e. The lowest BCUT2D eigenvalue weighted by molar-refractivity contribution is -0.384. The molecule has 30 heavy (non-hydrogen) atoms. The van der Waals surface area contributed by atoms with Gasteiger partial charge in [-0.05, 0) is 25.8 Å². The Kier molecular flexibility index (Phi) is 7.45. The standard InChI is InChI=1S/C19H24N4O7/c1-4-12(5-2)17(25)22(20-19(27)30-6-3)15-11-16(24)21(18(15)26)13-8-7-9-14(10-13)23(28)29/h7-10,12,15H,4-6,11H2,1-3H3,(H,20,27). The van der Waals surface area contributed by atoms with Crippen LogP contribution in [0.2, 0.25) is 0 Å². The molecule has 0 radical (unpaired) electrons. The number of rotatable bonds is 7. The maximum absolute atomic E-state index is 13.0. The number of nitro benzene ring substituents is 1. The monoisotopic (exact) mass is 420 g/mol. The van der Waals surface area contributed by atoms with Crippen LogP contribution in [0, 0.1) is 16.0 Å². The van der Waals surface area contributed by atoms with E-state index in [-0.39, 0.29) is 24.4 Å². The van der Waals surface area contributed by atoms with Crippen molar-refractivity contribution in [3.8, 4) is 0 Å². The summed E-state index contributed by atoms with van der Waals surface area (Å²) in [5.41, 5.74) is 2.01.